The average molecular weight is 367 g/mol. The van der Waals surface area contributed by atoms with E-state index in [1.165, 1.54) is 12.1 Å². The predicted octanol–water partition coefficient (Wildman–Crippen LogP) is 3.99. The third-order valence-corrected chi connectivity index (χ3v) is 3.98. The molecule has 1 unspecified atom stereocenters. The number of hydrogen-bond acceptors (Lipinski definition) is 3. The molecule has 3 rings (SSSR count). The average Bonchev–Trinajstić information content (AvgIpc) is 2.62. The second-order valence-electron chi connectivity index (χ2n) is 6.23. The second kappa shape index (κ2) is 8.51. The van der Waals surface area contributed by atoms with E-state index in [4.69, 9.17) is 0 Å². The lowest BCUT2D eigenvalue weighted by Crippen LogP contribution is -2.32. The number of hydrogen-bond donors (Lipinski definition) is 2. The van der Waals surface area contributed by atoms with Crippen LogP contribution in [0.3, 0.4) is 0 Å². The number of amides is 1. The molecule has 138 valence electrons. The molecular weight excluding hydrogens is 348 g/mol. The van der Waals surface area contributed by atoms with Crippen LogP contribution in [0, 0.1) is 18.6 Å². The second-order valence-corrected chi connectivity index (χ2v) is 6.23. The summed E-state index contributed by atoms with van der Waals surface area (Å²) >= 11 is 0. The summed E-state index contributed by atoms with van der Waals surface area (Å²) in [5, 5.41) is 5.83. The van der Waals surface area contributed by atoms with Gasteiger partial charge in [-0.1, -0.05) is 30.3 Å². The number of benzene rings is 2. The Hall–Kier alpha value is -3.12. The van der Waals surface area contributed by atoms with Gasteiger partial charge in [0.15, 0.2) is 0 Å². The molecule has 2 N–H and O–H groups in total. The Kier molecular flexibility index (Phi) is 5.88. The monoisotopic (exact) mass is 367 g/mol. The summed E-state index contributed by atoms with van der Waals surface area (Å²) in [6.07, 6.45) is 3.25. The van der Waals surface area contributed by atoms with Crippen LogP contribution < -0.4 is 10.6 Å². The highest BCUT2D eigenvalue weighted by atomic mass is 19.1. The fraction of sp³-hybridized carbons (Fsp3) is 0.143. The molecule has 1 amide bonds. The molecule has 0 bridgehead atoms. The van der Waals surface area contributed by atoms with E-state index in [1.54, 1.807) is 12.4 Å². The summed E-state index contributed by atoms with van der Waals surface area (Å²) < 4.78 is 27.3. The molecule has 1 aromatic heterocycles. The van der Waals surface area contributed by atoms with Crippen LogP contribution in [0.15, 0.2) is 67.0 Å². The third-order valence-electron chi connectivity index (χ3n) is 3.98. The van der Waals surface area contributed by atoms with Crippen molar-refractivity contribution in [3.63, 3.8) is 0 Å². The Morgan fingerprint density at radius 1 is 1.00 bits per heavy atom. The van der Waals surface area contributed by atoms with E-state index in [0.717, 1.165) is 17.2 Å². The zero-order valence-corrected chi connectivity index (χ0v) is 14.7. The summed E-state index contributed by atoms with van der Waals surface area (Å²) in [6.45, 7) is 1.84. The maximum Gasteiger partial charge on any atom is 0.238 e. The topological polar surface area (TPSA) is 54.0 Å². The Balaban J connectivity index is 1.76. The number of aryl methyl sites for hydroxylation is 1. The van der Waals surface area contributed by atoms with Crippen molar-refractivity contribution in [1.82, 2.24) is 10.3 Å². The molecule has 4 nitrogen and oxygen atoms in total. The van der Waals surface area contributed by atoms with Gasteiger partial charge in [0, 0.05) is 12.3 Å². The highest BCUT2D eigenvalue weighted by Gasteiger charge is 2.17. The predicted molar refractivity (Wildman–Crippen MR) is 100 cm³/mol. The van der Waals surface area contributed by atoms with E-state index < -0.39 is 17.7 Å². The quantitative estimate of drug-likeness (QED) is 0.693. The van der Waals surface area contributed by atoms with E-state index in [0.29, 0.717) is 11.3 Å². The number of pyridine rings is 1. The lowest BCUT2D eigenvalue weighted by atomic mass is 9.98. The Morgan fingerprint density at radius 3 is 2.37 bits per heavy atom. The molecule has 6 heteroatoms. The van der Waals surface area contributed by atoms with Crippen LogP contribution in [-0.4, -0.2) is 17.4 Å². The normalized spacial score (nSPS) is 11.8. The van der Waals surface area contributed by atoms with Crippen LogP contribution in [0.25, 0.3) is 0 Å². The van der Waals surface area contributed by atoms with Crippen molar-refractivity contribution in [2.45, 2.75) is 13.0 Å². The van der Waals surface area contributed by atoms with E-state index in [1.807, 2.05) is 43.3 Å². The molecule has 1 atom stereocenters. The molecule has 0 aliphatic heterocycles. The largest absolute Gasteiger partial charge is 0.324 e. The SMILES string of the molecule is Cc1cncc(NC(=O)CNC(c2ccccc2)c2cc(F)cc(F)c2)c1. The molecule has 0 radical (unpaired) electrons. The van der Waals surface area contributed by atoms with Crippen LogP contribution in [0.1, 0.15) is 22.7 Å². The van der Waals surface area contributed by atoms with Gasteiger partial charge in [0.1, 0.15) is 11.6 Å². The molecule has 0 fully saturated rings. The molecule has 3 aromatic rings. The third kappa shape index (κ3) is 5.18. The number of nitrogens with one attached hydrogen (secondary N) is 2. The molecule has 2 aromatic carbocycles. The summed E-state index contributed by atoms with van der Waals surface area (Å²) in [5.74, 6) is -1.61. The zero-order valence-electron chi connectivity index (χ0n) is 14.7. The minimum Gasteiger partial charge on any atom is -0.324 e. The van der Waals surface area contributed by atoms with Gasteiger partial charge in [-0.05, 0) is 41.8 Å². The number of carbonyl (C=O) groups is 1. The Morgan fingerprint density at radius 2 is 1.70 bits per heavy atom. The summed E-state index contributed by atoms with van der Waals surface area (Å²) in [6, 6.07) is 13.8. The van der Waals surface area contributed by atoms with E-state index >= 15 is 0 Å². The standard InChI is InChI=1S/C21H19F2N3O/c1-14-7-19(12-24-11-14)26-20(27)13-25-21(15-5-3-2-4-6-15)16-8-17(22)10-18(23)9-16/h2-12,21,25H,13H2,1H3,(H,26,27). The molecule has 0 saturated heterocycles. The first kappa shape index (κ1) is 18.7. The number of halogens is 2. The van der Waals surface area contributed by atoms with Crippen LogP contribution in [0.4, 0.5) is 14.5 Å². The van der Waals surface area contributed by atoms with Gasteiger partial charge in [-0.2, -0.15) is 0 Å². The smallest absolute Gasteiger partial charge is 0.238 e. The van der Waals surface area contributed by atoms with Crippen molar-refractivity contribution in [3.8, 4) is 0 Å². The first-order valence-corrected chi connectivity index (χ1v) is 8.47. The van der Waals surface area contributed by atoms with Gasteiger partial charge < -0.3 is 5.32 Å². The number of rotatable bonds is 6. The lowest BCUT2D eigenvalue weighted by Gasteiger charge is -2.20. The van der Waals surface area contributed by atoms with E-state index in [9.17, 15) is 13.6 Å². The van der Waals surface area contributed by atoms with Gasteiger partial charge >= 0.3 is 0 Å². The van der Waals surface area contributed by atoms with Gasteiger partial charge in [-0.3, -0.25) is 15.1 Å². The van der Waals surface area contributed by atoms with Gasteiger partial charge in [-0.25, -0.2) is 8.78 Å². The Bertz CT molecular complexity index is 911. The van der Waals surface area contributed by atoms with Crippen molar-refractivity contribution in [1.29, 1.82) is 0 Å². The van der Waals surface area contributed by atoms with Crippen molar-refractivity contribution in [3.05, 3.63) is 95.3 Å². The highest BCUT2D eigenvalue weighted by molar-refractivity contribution is 5.92. The number of nitrogens with zero attached hydrogens (tertiary/aromatic N) is 1. The van der Waals surface area contributed by atoms with Crippen molar-refractivity contribution in [2.75, 3.05) is 11.9 Å². The minimum absolute atomic E-state index is 0.0361. The molecule has 0 aliphatic carbocycles. The zero-order chi connectivity index (χ0) is 19.2. The lowest BCUT2D eigenvalue weighted by molar-refractivity contribution is -0.115. The van der Waals surface area contributed by atoms with Crippen LogP contribution in [-0.2, 0) is 4.79 Å². The Labute approximate surface area is 156 Å². The van der Waals surface area contributed by atoms with Crippen LogP contribution >= 0.6 is 0 Å². The van der Waals surface area contributed by atoms with Crippen LogP contribution in [0.5, 0.6) is 0 Å². The van der Waals surface area contributed by atoms with Gasteiger partial charge in [-0.15, -0.1) is 0 Å². The maximum atomic E-state index is 13.7. The molecule has 0 aliphatic rings. The fourth-order valence-corrected chi connectivity index (χ4v) is 2.84. The van der Waals surface area contributed by atoms with Crippen molar-refractivity contribution in [2.24, 2.45) is 0 Å². The number of aromatic nitrogens is 1. The molecule has 1 heterocycles. The number of anilines is 1. The van der Waals surface area contributed by atoms with Gasteiger partial charge in [0.25, 0.3) is 0 Å². The first-order chi connectivity index (χ1) is 13.0. The molecule has 27 heavy (non-hydrogen) atoms. The van der Waals surface area contributed by atoms with E-state index in [2.05, 4.69) is 15.6 Å². The summed E-state index contributed by atoms with van der Waals surface area (Å²) in [5.41, 5.74) is 2.73. The molecule has 0 spiro atoms. The van der Waals surface area contributed by atoms with Gasteiger partial charge in [0.2, 0.25) is 5.91 Å². The minimum atomic E-state index is -0.664. The first-order valence-electron chi connectivity index (χ1n) is 8.47. The van der Waals surface area contributed by atoms with Gasteiger partial charge in [0.05, 0.1) is 24.5 Å². The fourth-order valence-electron chi connectivity index (χ4n) is 2.84. The molecule has 0 saturated carbocycles. The van der Waals surface area contributed by atoms with Crippen molar-refractivity contribution < 1.29 is 13.6 Å². The van der Waals surface area contributed by atoms with E-state index in [-0.39, 0.29) is 12.5 Å². The highest BCUT2D eigenvalue weighted by Crippen LogP contribution is 2.23. The van der Waals surface area contributed by atoms with Crippen molar-refractivity contribution >= 4 is 11.6 Å². The maximum absolute atomic E-state index is 13.7. The summed E-state index contributed by atoms with van der Waals surface area (Å²) in [4.78, 5) is 16.3. The molecular formula is C21H19F2N3O. The summed E-state index contributed by atoms with van der Waals surface area (Å²) in [7, 11) is 0. The van der Waals surface area contributed by atoms with Crippen LogP contribution in [0.2, 0.25) is 0 Å². The number of carbonyl (C=O) groups excluding carboxylic acids is 1.